The van der Waals surface area contributed by atoms with Gasteiger partial charge in [0.25, 0.3) is 0 Å². The average molecular weight is 210 g/mol. The highest BCUT2D eigenvalue weighted by Gasteiger charge is 2.09. The second kappa shape index (κ2) is 4.63. The summed E-state index contributed by atoms with van der Waals surface area (Å²) in [7, 11) is 0. The van der Waals surface area contributed by atoms with Gasteiger partial charge < -0.3 is 5.32 Å². The minimum absolute atomic E-state index is 0.0125. The SMILES string of the molecule is N#Cc1c(F)cccc1NC(=O)CS. The Bertz CT molecular complexity index is 400. The lowest BCUT2D eigenvalue weighted by Gasteiger charge is -2.05. The number of nitrogens with zero attached hydrogens (tertiary/aromatic N) is 1. The van der Waals surface area contributed by atoms with Gasteiger partial charge in [-0.1, -0.05) is 6.07 Å². The van der Waals surface area contributed by atoms with Gasteiger partial charge in [0.2, 0.25) is 5.91 Å². The number of hydrogen-bond acceptors (Lipinski definition) is 3. The maximum absolute atomic E-state index is 13.0. The van der Waals surface area contributed by atoms with Crippen LogP contribution >= 0.6 is 12.6 Å². The second-order valence-electron chi connectivity index (χ2n) is 2.48. The van der Waals surface area contributed by atoms with E-state index >= 15 is 0 Å². The van der Waals surface area contributed by atoms with Gasteiger partial charge in [-0.05, 0) is 12.1 Å². The monoisotopic (exact) mass is 210 g/mol. The number of rotatable bonds is 2. The molecular weight excluding hydrogens is 203 g/mol. The molecule has 1 aromatic rings. The molecule has 0 unspecified atom stereocenters. The minimum Gasteiger partial charge on any atom is -0.324 e. The van der Waals surface area contributed by atoms with E-state index in [0.29, 0.717) is 0 Å². The Labute approximate surface area is 86.0 Å². The van der Waals surface area contributed by atoms with Crippen molar-refractivity contribution in [3.63, 3.8) is 0 Å². The van der Waals surface area contributed by atoms with Gasteiger partial charge in [-0.3, -0.25) is 4.79 Å². The van der Waals surface area contributed by atoms with E-state index in [4.69, 9.17) is 5.26 Å². The molecule has 1 rings (SSSR count). The highest BCUT2D eigenvalue weighted by Crippen LogP contribution is 2.17. The first-order chi connectivity index (χ1) is 6.69. The summed E-state index contributed by atoms with van der Waals surface area (Å²) < 4.78 is 13.0. The Morgan fingerprint density at radius 2 is 2.36 bits per heavy atom. The zero-order chi connectivity index (χ0) is 10.6. The fourth-order valence-corrected chi connectivity index (χ4v) is 1.01. The molecule has 0 radical (unpaired) electrons. The summed E-state index contributed by atoms with van der Waals surface area (Å²) in [5.74, 6) is -1.04. The third-order valence-corrected chi connectivity index (χ3v) is 1.83. The molecule has 0 saturated carbocycles. The predicted octanol–water partition coefficient (Wildman–Crippen LogP) is 1.57. The summed E-state index contributed by atoms with van der Waals surface area (Å²) >= 11 is 3.75. The molecule has 1 aromatic carbocycles. The third kappa shape index (κ3) is 2.24. The van der Waals surface area contributed by atoms with Crippen molar-refractivity contribution in [2.75, 3.05) is 11.1 Å². The van der Waals surface area contributed by atoms with Crippen LogP contribution in [-0.4, -0.2) is 11.7 Å². The fraction of sp³-hybridized carbons (Fsp3) is 0.111. The van der Waals surface area contributed by atoms with Crippen LogP contribution in [0.1, 0.15) is 5.56 Å². The molecule has 0 atom stereocenters. The zero-order valence-corrected chi connectivity index (χ0v) is 8.01. The van der Waals surface area contributed by atoms with Crippen LogP contribution in [-0.2, 0) is 4.79 Å². The van der Waals surface area contributed by atoms with Crippen molar-refractivity contribution in [1.82, 2.24) is 0 Å². The Morgan fingerprint density at radius 1 is 1.64 bits per heavy atom. The number of halogens is 1. The fourth-order valence-electron chi connectivity index (χ4n) is 0.932. The number of nitrogens with one attached hydrogen (secondary N) is 1. The topological polar surface area (TPSA) is 52.9 Å². The van der Waals surface area contributed by atoms with Gasteiger partial charge in [0.1, 0.15) is 17.4 Å². The summed E-state index contributed by atoms with van der Waals surface area (Å²) in [4.78, 5) is 10.9. The van der Waals surface area contributed by atoms with Gasteiger partial charge in [-0.2, -0.15) is 17.9 Å². The van der Waals surface area contributed by atoms with Gasteiger partial charge in [0, 0.05) is 0 Å². The maximum Gasteiger partial charge on any atom is 0.234 e. The highest BCUT2D eigenvalue weighted by molar-refractivity contribution is 7.81. The molecule has 5 heteroatoms. The number of carbonyl (C=O) groups is 1. The van der Waals surface area contributed by atoms with Gasteiger partial charge in [-0.15, -0.1) is 0 Å². The van der Waals surface area contributed by atoms with Crippen LogP contribution in [0.15, 0.2) is 18.2 Å². The van der Waals surface area contributed by atoms with Crippen LogP contribution in [0.5, 0.6) is 0 Å². The van der Waals surface area contributed by atoms with Crippen LogP contribution in [0.4, 0.5) is 10.1 Å². The molecule has 3 nitrogen and oxygen atoms in total. The van der Waals surface area contributed by atoms with Crippen LogP contribution < -0.4 is 5.32 Å². The largest absolute Gasteiger partial charge is 0.324 e. The molecule has 72 valence electrons. The van der Waals surface area contributed by atoms with Crippen molar-refractivity contribution in [3.8, 4) is 6.07 Å². The number of nitriles is 1. The number of hydrogen-bond donors (Lipinski definition) is 2. The molecule has 1 amide bonds. The number of thiol groups is 1. The van der Waals surface area contributed by atoms with Gasteiger partial charge >= 0.3 is 0 Å². The second-order valence-corrected chi connectivity index (χ2v) is 2.80. The smallest absolute Gasteiger partial charge is 0.234 e. The maximum atomic E-state index is 13.0. The van der Waals surface area contributed by atoms with Gasteiger partial charge in [0.05, 0.1) is 11.4 Å². The predicted molar refractivity (Wildman–Crippen MR) is 53.6 cm³/mol. The van der Waals surface area contributed by atoms with Crippen LogP contribution in [0, 0.1) is 17.1 Å². The summed E-state index contributed by atoms with van der Waals surface area (Å²) in [6, 6.07) is 5.72. The van der Waals surface area contributed by atoms with Gasteiger partial charge in [-0.25, -0.2) is 4.39 Å². The highest BCUT2D eigenvalue weighted by atomic mass is 32.1. The van der Waals surface area contributed by atoms with E-state index in [-0.39, 0.29) is 22.9 Å². The molecule has 0 spiro atoms. The normalized spacial score (nSPS) is 9.21. The molecule has 0 aromatic heterocycles. The molecule has 0 aliphatic heterocycles. The lowest BCUT2D eigenvalue weighted by molar-refractivity contribution is -0.113. The molecule has 0 bridgehead atoms. The summed E-state index contributed by atoms with van der Waals surface area (Å²) in [5, 5.41) is 11.0. The number of carbonyl (C=O) groups excluding carboxylic acids is 1. The van der Waals surface area contributed by atoms with E-state index < -0.39 is 5.82 Å². The quantitative estimate of drug-likeness (QED) is 0.728. The van der Waals surface area contributed by atoms with E-state index in [1.165, 1.54) is 12.1 Å². The number of amides is 1. The van der Waals surface area contributed by atoms with E-state index in [1.54, 1.807) is 6.07 Å². The molecule has 1 N–H and O–H groups in total. The van der Waals surface area contributed by atoms with E-state index in [1.807, 2.05) is 0 Å². The molecule has 14 heavy (non-hydrogen) atoms. The van der Waals surface area contributed by atoms with Gasteiger partial charge in [0.15, 0.2) is 0 Å². The Balaban J connectivity index is 3.04. The first kappa shape index (κ1) is 10.5. The lowest BCUT2D eigenvalue weighted by Crippen LogP contribution is -2.14. The van der Waals surface area contributed by atoms with Crippen molar-refractivity contribution in [3.05, 3.63) is 29.6 Å². The molecule has 0 aliphatic rings. The van der Waals surface area contributed by atoms with E-state index in [9.17, 15) is 9.18 Å². The molecule has 0 fully saturated rings. The van der Waals surface area contributed by atoms with Crippen molar-refractivity contribution >= 4 is 24.2 Å². The number of anilines is 1. The Hall–Kier alpha value is -1.54. The Morgan fingerprint density at radius 3 is 2.93 bits per heavy atom. The van der Waals surface area contributed by atoms with E-state index in [2.05, 4.69) is 17.9 Å². The summed E-state index contributed by atoms with van der Waals surface area (Å²) in [6.45, 7) is 0. The minimum atomic E-state index is -0.649. The lowest BCUT2D eigenvalue weighted by atomic mass is 10.2. The molecule has 0 saturated heterocycles. The molecular formula is C9H7FN2OS. The van der Waals surface area contributed by atoms with Crippen LogP contribution in [0.25, 0.3) is 0 Å². The van der Waals surface area contributed by atoms with E-state index in [0.717, 1.165) is 6.07 Å². The van der Waals surface area contributed by atoms with Crippen LogP contribution in [0.3, 0.4) is 0 Å². The van der Waals surface area contributed by atoms with Crippen molar-refractivity contribution in [2.24, 2.45) is 0 Å². The standard InChI is InChI=1S/C9H7FN2OS/c10-7-2-1-3-8(6(7)4-11)12-9(13)5-14/h1-3,14H,5H2,(H,12,13). The summed E-state index contributed by atoms with van der Waals surface area (Å²) in [5.41, 5.74) is 0.00850. The molecule has 0 aliphatic carbocycles. The van der Waals surface area contributed by atoms with Crippen molar-refractivity contribution in [2.45, 2.75) is 0 Å². The first-order valence-electron chi connectivity index (χ1n) is 3.78. The summed E-state index contributed by atoms with van der Waals surface area (Å²) in [6.07, 6.45) is 0. The number of benzene rings is 1. The van der Waals surface area contributed by atoms with Crippen molar-refractivity contribution in [1.29, 1.82) is 5.26 Å². The van der Waals surface area contributed by atoms with Crippen LogP contribution in [0.2, 0.25) is 0 Å². The molecule has 0 heterocycles. The third-order valence-electron chi connectivity index (χ3n) is 1.54. The zero-order valence-electron chi connectivity index (χ0n) is 7.12. The average Bonchev–Trinajstić information content (AvgIpc) is 2.18. The first-order valence-corrected chi connectivity index (χ1v) is 4.41. The Kier molecular flexibility index (Phi) is 3.48. The van der Waals surface area contributed by atoms with Crippen molar-refractivity contribution < 1.29 is 9.18 Å².